The van der Waals surface area contributed by atoms with E-state index in [-0.39, 0.29) is 0 Å². The number of carboxylic acid groups (broad SMARTS) is 1. The molecule has 0 radical (unpaired) electrons. The smallest absolute Gasteiger partial charge is 0.320 e. The lowest BCUT2D eigenvalue weighted by Gasteiger charge is -2.14. The maximum Gasteiger partial charge on any atom is 0.320 e. The van der Waals surface area contributed by atoms with Crippen LogP contribution in [0.4, 0.5) is 0 Å². The Bertz CT molecular complexity index is 620. The van der Waals surface area contributed by atoms with Gasteiger partial charge in [0.15, 0.2) is 0 Å². The lowest BCUT2D eigenvalue weighted by molar-refractivity contribution is -0.139. The third-order valence-electron chi connectivity index (χ3n) is 3.74. The predicted molar refractivity (Wildman–Crippen MR) is 89.8 cm³/mol. The maximum absolute atomic E-state index is 11.2. The fraction of sp³-hybridized carbons (Fsp3) is 0.316. The standard InChI is InChI=1S/C19H23NO2/c1-3-5-18(19(21)22)20-13-15-6-4-7-17(12-15)16-10-8-14(2)9-11-16/h4,6-12,18,20H,3,5,13H2,1-2H3,(H,21,22). The Labute approximate surface area is 132 Å². The second kappa shape index (κ2) is 7.76. The summed E-state index contributed by atoms with van der Waals surface area (Å²) in [5.74, 6) is -0.781. The van der Waals surface area contributed by atoms with Crippen LogP contribution in [0.3, 0.4) is 0 Å². The molecule has 0 aliphatic rings. The van der Waals surface area contributed by atoms with Crippen molar-refractivity contribution in [2.75, 3.05) is 0 Å². The van der Waals surface area contributed by atoms with Crippen LogP contribution < -0.4 is 5.32 Å². The van der Waals surface area contributed by atoms with Gasteiger partial charge in [0.25, 0.3) is 0 Å². The van der Waals surface area contributed by atoms with Crippen LogP contribution in [0.1, 0.15) is 30.9 Å². The van der Waals surface area contributed by atoms with Crippen LogP contribution >= 0.6 is 0 Å². The van der Waals surface area contributed by atoms with E-state index in [0.717, 1.165) is 17.5 Å². The third-order valence-corrected chi connectivity index (χ3v) is 3.74. The molecule has 0 amide bonds. The molecule has 3 nitrogen and oxygen atoms in total. The van der Waals surface area contributed by atoms with Crippen molar-refractivity contribution in [2.45, 2.75) is 39.3 Å². The minimum Gasteiger partial charge on any atom is -0.480 e. The normalized spacial score (nSPS) is 12.1. The zero-order chi connectivity index (χ0) is 15.9. The Morgan fingerprint density at radius 2 is 1.86 bits per heavy atom. The summed E-state index contributed by atoms with van der Waals surface area (Å²) in [4.78, 5) is 11.2. The van der Waals surface area contributed by atoms with E-state index in [9.17, 15) is 9.90 Å². The van der Waals surface area contributed by atoms with Crippen molar-refractivity contribution in [1.29, 1.82) is 0 Å². The van der Waals surface area contributed by atoms with E-state index in [1.807, 2.05) is 19.1 Å². The monoisotopic (exact) mass is 297 g/mol. The molecule has 0 aromatic heterocycles. The zero-order valence-corrected chi connectivity index (χ0v) is 13.2. The molecule has 116 valence electrons. The molecule has 2 rings (SSSR count). The van der Waals surface area contributed by atoms with Crippen molar-refractivity contribution in [3.63, 3.8) is 0 Å². The molecule has 0 aliphatic carbocycles. The van der Waals surface area contributed by atoms with Crippen LogP contribution in [0, 0.1) is 6.92 Å². The lowest BCUT2D eigenvalue weighted by atomic mass is 10.0. The minimum absolute atomic E-state index is 0.479. The number of rotatable bonds is 7. The van der Waals surface area contributed by atoms with Crippen LogP contribution in [0.2, 0.25) is 0 Å². The number of aryl methyl sites for hydroxylation is 1. The molecule has 0 bridgehead atoms. The molecule has 2 aromatic carbocycles. The third kappa shape index (κ3) is 4.43. The first-order valence-corrected chi connectivity index (χ1v) is 7.72. The Balaban J connectivity index is 2.08. The summed E-state index contributed by atoms with van der Waals surface area (Å²) < 4.78 is 0. The molecule has 0 spiro atoms. The molecule has 0 saturated heterocycles. The highest BCUT2D eigenvalue weighted by Crippen LogP contribution is 2.21. The summed E-state index contributed by atoms with van der Waals surface area (Å²) >= 11 is 0. The number of aliphatic carboxylic acids is 1. The SMILES string of the molecule is CCCC(NCc1cccc(-c2ccc(C)cc2)c1)C(=O)O. The summed E-state index contributed by atoms with van der Waals surface area (Å²) in [6.07, 6.45) is 1.50. The highest BCUT2D eigenvalue weighted by atomic mass is 16.4. The molecule has 0 heterocycles. The Hall–Kier alpha value is -2.13. The number of hydrogen-bond acceptors (Lipinski definition) is 2. The average molecular weight is 297 g/mol. The van der Waals surface area contributed by atoms with Crippen LogP contribution in [-0.2, 0) is 11.3 Å². The van der Waals surface area contributed by atoms with E-state index in [1.165, 1.54) is 11.1 Å². The summed E-state index contributed by atoms with van der Waals surface area (Å²) in [7, 11) is 0. The molecule has 3 heteroatoms. The highest BCUT2D eigenvalue weighted by molar-refractivity contribution is 5.73. The largest absolute Gasteiger partial charge is 0.480 e. The first-order chi connectivity index (χ1) is 10.6. The van der Waals surface area contributed by atoms with Crippen LogP contribution in [-0.4, -0.2) is 17.1 Å². The van der Waals surface area contributed by atoms with E-state index in [2.05, 4.69) is 48.6 Å². The van der Waals surface area contributed by atoms with Crippen LogP contribution in [0.15, 0.2) is 48.5 Å². The number of carbonyl (C=O) groups is 1. The van der Waals surface area contributed by atoms with Crippen molar-refractivity contribution >= 4 is 5.97 Å². The first kappa shape index (κ1) is 16.2. The van der Waals surface area contributed by atoms with E-state index in [1.54, 1.807) is 0 Å². The lowest BCUT2D eigenvalue weighted by Crippen LogP contribution is -2.35. The summed E-state index contributed by atoms with van der Waals surface area (Å²) in [5.41, 5.74) is 4.67. The summed E-state index contributed by atoms with van der Waals surface area (Å²) in [6.45, 7) is 4.64. The first-order valence-electron chi connectivity index (χ1n) is 7.72. The molecule has 22 heavy (non-hydrogen) atoms. The number of benzene rings is 2. The number of nitrogens with one attached hydrogen (secondary N) is 1. The molecule has 1 unspecified atom stereocenters. The Morgan fingerprint density at radius 1 is 1.14 bits per heavy atom. The van der Waals surface area contributed by atoms with Gasteiger partial charge in [-0.1, -0.05) is 61.4 Å². The van der Waals surface area contributed by atoms with Gasteiger partial charge in [-0.3, -0.25) is 4.79 Å². The van der Waals surface area contributed by atoms with Gasteiger partial charge in [-0.25, -0.2) is 0 Å². The molecule has 0 saturated carbocycles. The highest BCUT2D eigenvalue weighted by Gasteiger charge is 2.15. The van der Waals surface area contributed by atoms with Crippen LogP contribution in [0.5, 0.6) is 0 Å². The summed E-state index contributed by atoms with van der Waals surface area (Å²) in [6, 6.07) is 16.2. The van der Waals surface area contributed by atoms with Gasteiger partial charge in [0.1, 0.15) is 6.04 Å². The second-order valence-corrected chi connectivity index (χ2v) is 5.63. The van der Waals surface area contributed by atoms with Crippen molar-refractivity contribution in [2.24, 2.45) is 0 Å². The van der Waals surface area contributed by atoms with E-state index >= 15 is 0 Å². The fourth-order valence-electron chi connectivity index (χ4n) is 2.45. The quantitative estimate of drug-likeness (QED) is 0.812. The van der Waals surface area contributed by atoms with Crippen molar-refractivity contribution < 1.29 is 9.90 Å². The van der Waals surface area contributed by atoms with Crippen LogP contribution in [0.25, 0.3) is 11.1 Å². The van der Waals surface area contributed by atoms with Crippen molar-refractivity contribution in [3.8, 4) is 11.1 Å². The molecule has 0 fully saturated rings. The van der Waals surface area contributed by atoms with Gasteiger partial charge in [0.2, 0.25) is 0 Å². The van der Waals surface area contributed by atoms with Crippen molar-refractivity contribution in [1.82, 2.24) is 5.32 Å². The average Bonchev–Trinajstić information content (AvgIpc) is 2.52. The molecule has 2 N–H and O–H groups in total. The number of hydrogen-bond donors (Lipinski definition) is 2. The van der Waals surface area contributed by atoms with E-state index in [0.29, 0.717) is 13.0 Å². The van der Waals surface area contributed by atoms with Gasteiger partial charge < -0.3 is 10.4 Å². The fourth-order valence-corrected chi connectivity index (χ4v) is 2.45. The molecule has 0 aliphatic heterocycles. The zero-order valence-electron chi connectivity index (χ0n) is 13.2. The maximum atomic E-state index is 11.2. The summed E-state index contributed by atoms with van der Waals surface area (Å²) in [5, 5.41) is 12.3. The number of carboxylic acids is 1. The van der Waals surface area contributed by atoms with E-state index < -0.39 is 12.0 Å². The van der Waals surface area contributed by atoms with Gasteiger partial charge in [0.05, 0.1) is 0 Å². The minimum atomic E-state index is -0.781. The van der Waals surface area contributed by atoms with Crippen molar-refractivity contribution in [3.05, 3.63) is 59.7 Å². The van der Waals surface area contributed by atoms with Gasteiger partial charge in [-0.2, -0.15) is 0 Å². The Morgan fingerprint density at radius 3 is 2.50 bits per heavy atom. The molecule has 2 aromatic rings. The van der Waals surface area contributed by atoms with Gasteiger partial charge in [0, 0.05) is 6.54 Å². The molecular formula is C19H23NO2. The van der Waals surface area contributed by atoms with Gasteiger partial charge >= 0.3 is 5.97 Å². The van der Waals surface area contributed by atoms with Gasteiger partial charge in [-0.15, -0.1) is 0 Å². The van der Waals surface area contributed by atoms with E-state index in [4.69, 9.17) is 0 Å². The second-order valence-electron chi connectivity index (χ2n) is 5.63. The predicted octanol–water partition coefficient (Wildman–Crippen LogP) is 4.00. The molecule has 1 atom stereocenters. The topological polar surface area (TPSA) is 49.3 Å². The van der Waals surface area contributed by atoms with Gasteiger partial charge in [-0.05, 0) is 36.1 Å². The Kier molecular flexibility index (Phi) is 5.73. The molecular weight excluding hydrogens is 274 g/mol.